The summed E-state index contributed by atoms with van der Waals surface area (Å²) in [5.41, 5.74) is 1.09. The molecule has 1 amide bonds. The molecule has 0 saturated heterocycles. The molecule has 5 heteroatoms. The summed E-state index contributed by atoms with van der Waals surface area (Å²) in [5.74, 6) is -1.27. The lowest BCUT2D eigenvalue weighted by molar-refractivity contribution is -0.139. The van der Waals surface area contributed by atoms with Gasteiger partial charge in [-0.2, -0.15) is 0 Å². The average Bonchev–Trinajstić information content (AvgIpc) is 2.69. The van der Waals surface area contributed by atoms with Gasteiger partial charge in [0.1, 0.15) is 6.04 Å². The number of carboxylic acids is 1. The van der Waals surface area contributed by atoms with Crippen molar-refractivity contribution in [2.45, 2.75) is 46.1 Å². The zero-order chi connectivity index (χ0) is 13.7. The van der Waals surface area contributed by atoms with Crippen molar-refractivity contribution in [3.63, 3.8) is 0 Å². The molecule has 0 spiro atoms. The summed E-state index contributed by atoms with van der Waals surface area (Å²) in [6, 6.07) is 1.03. The Kier molecular flexibility index (Phi) is 5.34. The maximum absolute atomic E-state index is 12.0. The molecule has 0 fully saturated rings. The molecule has 1 heterocycles. The summed E-state index contributed by atoms with van der Waals surface area (Å²) in [5, 5.41) is 11.6. The van der Waals surface area contributed by atoms with Gasteiger partial charge < -0.3 is 10.4 Å². The summed E-state index contributed by atoms with van der Waals surface area (Å²) in [6.07, 6.45) is 2.06. The second kappa shape index (κ2) is 6.54. The van der Waals surface area contributed by atoms with Crippen molar-refractivity contribution in [2.75, 3.05) is 0 Å². The Bertz CT molecular complexity index is 439. The molecular formula is C13H19NO3S. The van der Waals surface area contributed by atoms with Gasteiger partial charge in [0, 0.05) is 4.88 Å². The van der Waals surface area contributed by atoms with Gasteiger partial charge in [-0.1, -0.05) is 20.3 Å². The largest absolute Gasteiger partial charge is 0.480 e. The van der Waals surface area contributed by atoms with Gasteiger partial charge >= 0.3 is 5.97 Å². The molecule has 0 aliphatic carbocycles. The van der Waals surface area contributed by atoms with E-state index in [1.807, 2.05) is 26.8 Å². The predicted molar refractivity (Wildman–Crippen MR) is 72.2 cm³/mol. The molecule has 1 aromatic rings. The summed E-state index contributed by atoms with van der Waals surface area (Å²) >= 11 is 1.43. The number of hydrogen-bond donors (Lipinski definition) is 2. The minimum absolute atomic E-state index is 0.288. The van der Waals surface area contributed by atoms with Gasteiger partial charge in [-0.3, -0.25) is 4.79 Å². The molecule has 0 aliphatic rings. The number of carboxylic acid groups (broad SMARTS) is 1. The lowest BCUT2D eigenvalue weighted by Gasteiger charge is -2.12. The van der Waals surface area contributed by atoms with E-state index in [0.717, 1.165) is 18.4 Å². The van der Waals surface area contributed by atoms with Crippen LogP contribution in [0.3, 0.4) is 0 Å². The molecule has 100 valence electrons. The molecule has 0 unspecified atom stereocenters. The number of carbonyl (C=O) groups is 2. The second-order valence-corrected chi connectivity index (χ2v) is 5.36. The van der Waals surface area contributed by atoms with Crippen molar-refractivity contribution in [3.8, 4) is 0 Å². The van der Waals surface area contributed by atoms with E-state index in [1.165, 1.54) is 16.2 Å². The summed E-state index contributed by atoms with van der Waals surface area (Å²) in [7, 11) is 0. The fraction of sp³-hybridized carbons (Fsp3) is 0.538. The normalized spacial score (nSPS) is 12.2. The molecule has 1 aromatic heterocycles. The first-order valence-corrected chi connectivity index (χ1v) is 6.94. The van der Waals surface area contributed by atoms with Crippen LogP contribution in [0.1, 0.15) is 46.8 Å². The van der Waals surface area contributed by atoms with Crippen LogP contribution in [0.25, 0.3) is 0 Å². The van der Waals surface area contributed by atoms with Crippen molar-refractivity contribution in [1.29, 1.82) is 0 Å². The van der Waals surface area contributed by atoms with Crippen molar-refractivity contribution >= 4 is 23.2 Å². The third kappa shape index (κ3) is 3.57. The summed E-state index contributed by atoms with van der Waals surface area (Å²) < 4.78 is 0. The highest BCUT2D eigenvalue weighted by Gasteiger charge is 2.20. The molecule has 0 saturated carbocycles. The Balaban J connectivity index is 2.77. The molecule has 0 aliphatic heterocycles. The van der Waals surface area contributed by atoms with Crippen molar-refractivity contribution in [3.05, 3.63) is 21.4 Å². The van der Waals surface area contributed by atoms with Crippen LogP contribution in [0.4, 0.5) is 0 Å². The Morgan fingerprint density at radius 3 is 2.56 bits per heavy atom. The number of rotatable bonds is 6. The second-order valence-electron chi connectivity index (χ2n) is 4.22. The van der Waals surface area contributed by atoms with Crippen LogP contribution in [0, 0.1) is 6.92 Å². The van der Waals surface area contributed by atoms with Gasteiger partial charge in [0.05, 0.1) is 4.88 Å². The lowest BCUT2D eigenvalue weighted by Crippen LogP contribution is -2.40. The molecular weight excluding hydrogens is 250 g/mol. The van der Waals surface area contributed by atoms with Crippen LogP contribution in [-0.2, 0) is 11.2 Å². The zero-order valence-corrected chi connectivity index (χ0v) is 11.8. The molecule has 4 nitrogen and oxygen atoms in total. The SMILES string of the molecule is CCC[C@H](NC(=O)c1cc(C)c(CC)s1)C(=O)O. The topological polar surface area (TPSA) is 66.4 Å². The number of thiophene rings is 1. The first-order valence-electron chi connectivity index (χ1n) is 6.12. The third-order valence-corrected chi connectivity index (χ3v) is 4.13. The molecule has 2 N–H and O–H groups in total. The monoisotopic (exact) mass is 269 g/mol. The number of carbonyl (C=O) groups excluding carboxylic acids is 1. The van der Waals surface area contributed by atoms with E-state index in [1.54, 1.807) is 0 Å². The first kappa shape index (κ1) is 14.7. The highest BCUT2D eigenvalue weighted by molar-refractivity contribution is 7.14. The van der Waals surface area contributed by atoms with Crippen LogP contribution in [-0.4, -0.2) is 23.0 Å². The van der Waals surface area contributed by atoms with E-state index < -0.39 is 12.0 Å². The molecule has 0 bridgehead atoms. The fourth-order valence-corrected chi connectivity index (χ4v) is 2.78. The standard InChI is InChI=1S/C13H19NO3S/c1-4-6-9(13(16)17)14-12(15)11-7-8(3)10(5-2)18-11/h7,9H,4-6H2,1-3H3,(H,14,15)(H,16,17)/t9-/m0/s1. The summed E-state index contributed by atoms with van der Waals surface area (Å²) in [4.78, 5) is 24.7. The van der Waals surface area contributed by atoms with Crippen LogP contribution in [0.2, 0.25) is 0 Å². The predicted octanol–water partition coefficient (Wildman–Crippen LogP) is 2.60. The van der Waals surface area contributed by atoms with Gasteiger partial charge in [0.2, 0.25) is 0 Å². The highest BCUT2D eigenvalue weighted by atomic mass is 32.1. The maximum Gasteiger partial charge on any atom is 0.326 e. The zero-order valence-electron chi connectivity index (χ0n) is 10.9. The molecule has 18 heavy (non-hydrogen) atoms. The van der Waals surface area contributed by atoms with E-state index in [-0.39, 0.29) is 5.91 Å². The molecule has 1 atom stereocenters. The van der Waals surface area contributed by atoms with E-state index in [4.69, 9.17) is 5.11 Å². The number of aliphatic carboxylic acids is 1. The van der Waals surface area contributed by atoms with Crippen molar-refractivity contribution < 1.29 is 14.7 Å². The van der Waals surface area contributed by atoms with Crippen molar-refractivity contribution in [2.24, 2.45) is 0 Å². The van der Waals surface area contributed by atoms with Crippen molar-refractivity contribution in [1.82, 2.24) is 5.32 Å². The van der Waals surface area contributed by atoms with Crippen LogP contribution >= 0.6 is 11.3 Å². The van der Waals surface area contributed by atoms with Crippen LogP contribution in [0.5, 0.6) is 0 Å². The number of hydrogen-bond acceptors (Lipinski definition) is 3. The summed E-state index contributed by atoms with van der Waals surface area (Å²) in [6.45, 7) is 5.90. The number of aryl methyl sites for hydroxylation is 2. The van der Waals surface area contributed by atoms with E-state index in [2.05, 4.69) is 5.32 Å². The minimum atomic E-state index is -0.978. The quantitative estimate of drug-likeness (QED) is 0.834. The van der Waals surface area contributed by atoms with Gasteiger partial charge in [0.25, 0.3) is 5.91 Å². The maximum atomic E-state index is 12.0. The number of amides is 1. The lowest BCUT2D eigenvalue weighted by atomic mass is 10.1. The highest BCUT2D eigenvalue weighted by Crippen LogP contribution is 2.22. The Hall–Kier alpha value is -1.36. The van der Waals surface area contributed by atoms with Crippen LogP contribution < -0.4 is 5.32 Å². The van der Waals surface area contributed by atoms with E-state index >= 15 is 0 Å². The minimum Gasteiger partial charge on any atom is -0.480 e. The molecule has 1 rings (SSSR count). The molecule has 0 radical (unpaired) electrons. The van der Waals surface area contributed by atoms with Gasteiger partial charge in [-0.25, -0.2) is 4.79 Å². The first-order chi connectivity index (χ1) is 8.49. The van der Waals surface area contributed by atoms with Gasteiger partial charge in [0.15, 0.2) is 0 Å². The Morgan fingerprint density at radius 2 is 2.11 bits per heavy atom. The van der Waals surface area contributed by atoms with Crippen LogP contribution in [0.15, 0.2) is 6.07 Å². The third-order valence-electron chi connectivity index (χ3n) is 2.75. The van der Waals surface area contributed by atoms with Gasteiger partial charge in [-0.05, 0) is 31.4 Å². The van der Waals surface area contributed by atoms with Gasteiger partial charge in [-0.15, -0.1) is 11.3 Å². The Morgan fingerprint density at radius 1 is 1.44 bits per heavy atom. The van der Waals surface area contributed by atoms with E-state index in [0.29, 0.717) is 11.3 Å². The van der Waals surface area contributed by atoms with E-state index in [9.17, 15) is 9.59 Å². The number of nitrogens with one attached hydrogen (secondary N) is 1. The Labute approximate surface area is 111 Å². The smallest absolute Gasteiger partial charge is 0.326 e. The molecule has 0 aromatic carbocycles. The average molecular weight is 269 g/mol. The fourth-order valence-electron chi connectivity index (χ4n) is 1.76.